The van der Waals surface area contributed by atoms with Crippen LogP contribution in [0.3, 0.4) is 0 Å². The highest BCUT2D eigenvalue weighted by Crippen LogP contribution is 2.24. The van der Waals surface area contributed by atoms with Crippen molar-refractivity contribution in [3.05, 3.63) is 39.3 Å². The summed E-state index contributed by atoms with van der Waals surface area (Å²) in [7, 11) is 0. The van der Waals surface area contributed by atoms with Crippen LogP contribution in [0, 0.1) is 0 Å². The minimum atomic E-state index is -0.101. The molecule has 2 rings (SSSR count). The third-order valence-corrected chi connectivity index (χ3v) is 3.48. The highest BCUT2D eigenvalue weighted by Gasteiger charge is 2.08. The van der Waals surface area contributed by atoms with E-state index in [-0.39, 0.29) is 11.5 Å². The van der Waals surface area contributed by atoms with Crippen molar-refractivity contribution >= 4 is 34.4 Å². The Balaban J connectivity index is 2.16. The molecule has 0 radical (unpaired) electrons. The lowest BCUT2D eigenvalue weighted by Crippen LogP contribution is -2.03. The Morgan fingerprint density at radius 3 is 2.94 bits per heavy atom. The second kappa shape index (κ2) is 5.37. The molecule has 2 N–H and O–H groups in total. The number of anilines is 1. The summed E-state index contributed by atoms with van der Waals surface area (Å²) >= 11 is 7.12. The number of hydrogen-bond acceptors (Lipinski definition) is 5. The number of phenols is 1. The molecule has 0 atom stereocenters. The van der Waals surface area contributed by atoms with Crippen LogP contribution in [0.25, 0.3) is 0 Å². The van der Waals surface area contributed by atoms with Crippen molar-refractivity contribution in [3.8, 4) is 5.75 Å². The van der Waals surface area contributed by atoms with Crippen LogP contribution < -0.4 is 5.32 Å². The molecule has 0 aliphatic heterocycles. The molecule has 0 saturated heterocycles. The molecule has 6 heteroatoms. The van der Waals surface area contributed by atoms with E-state index in [0.717, 1.165) is 4.88 Å². The minimum Gasteiger partial charge on any atom is -0.508 e. The predicted octanol–water partition coefficient (Wildman–Crippen LogP) is 3.32. The van der Waals surface area contributed by atoms with E-state index in [1.807, 2.05) is 0 Å². The maximum atomic E-state index is 11.5. The third-order valence-electron chi connectivity index (χ3n) is 2.36. The van der Waals surface area contributed by atoms with Gasteiger partial charge in [0.1, 0.15) is 5.75 Å². The Hall–Kier alpha value is -1.59. The number of carbonyl (C=O) groups is 1. The monoisotopic (exact) mass is 282 g/mol. The maximum absolute atomic E-state index is 11.5. The second-order valence-electron chi connectivity index (χ2n) is 3.72. The van der Waals surface area contributed by atoms with Gasteiger partial charge in [-0.1, -0.05) is 11.6 Å². The Labute approximate surface area is 113 Å². The van der Waals surface area contributed by atoms with Crippen molar-refractivity contribution in [1.82, 2.24) is 4.98 Å². The number of nitrogens with zero attached hydrogens (tertiary/aromatic N) is 1. The van der Waals surface area contributed by atoms with Gasteiger partial charge in [-0.05, 0) is 25.1 Å². The summed E-state index contributed by atoms with van der Waals surface area (Å²) in [6.45, 7) is 2.00. The smallest absolute Gasteiger partial charge is 0.183 e. The standard InChI is InChI=1S/C12H11ClN2O2S/c1-7(16)10-4-8(17)2-3-11(10)14-5-9-6-15-12(13)18-9/h2-4,6,14,17H,5H2,1H3. The first-order chi connectivity index (χ1) is 8.56. The van der Waals surface area contributed by atoms with Gasteiger partial charge in [0.2, 0.25) is 0 Å². The molecular weight excluding hydrogens is 272 g/mol. The molecule has 2 aromatic rings. The first-order valence-electron chi connectivity index (χ1n) is 5.24. The number of aromatic hydroxyl groups is 1. The molecule has 0 saturated carbocycles. The maximum Gasteiger partial charge on any atom is 0.183 e. The second-order valence-corrected chi connectivity index (χ2v) is 5.42. The minimum absolute atomic E-state index is 0.0755. The summed E-state index contributed by atoms with van der Waals surface area (Å²) in [6, 6.07) is 4.66. The summed E-state index contributed by atoms with van der Waals surface area (Å²) in [4.78, 5) is 16.4. The largest absolute Gasteiger partial charge is 0.508 e. The fraction of sp³-hybridized carbons (Fsp3) is 0.167. The van der Waals surface area contributed by atoms with Crippen LogP contribution >= 0.6 is 22.9 Å². The van der Waals surface area contributed by atoms with Gasteiger partial charge in [-0.25, -0.2) is 4.98 Å². The Bertz CT molecular complexity index is 583. The van der Waals surface area contributed by atoms with E-state index in [1.165, 1.54) is 30.4 Å². The number of rotatable bonds is 4. The molecule has 0 fully saturated rings. The normalized spacial score (nSPS) is 10.3. The van der Waals surface area contributed by atoms with E-state index in [0.29, 0.717) is 22.3 Å². The van der Waals surface area contributed by atoms with Gasteiger partial charge < -0.3 is 10.4 Å². The average molecular weight is 283 g/mol. The molecule has 4 nitrogen and oxygen atoms in total. The SMILES string of the molecule is CC(=O)c1cc(O)ccc1NCc1cnc(Cl)s1. The zero-order chi connectivity index (χ0) is 13.1. The lowest BCUT2D eigenvalue weighted by molar-refractivity contribution is 0.101. The van der Waals surface area contributed by atoms with Gasteiger partial charge in [-0.3, -0.25) is 4.79 Å². The highest BCUT2D eigenvalue weighted by atomic mass is 35.5. The van der Waals surface area contributed by atoms with Gasteiger partial charge in [0.05, 0.1) is 6.54 Å². The number of hydrogen-bond donors (Lipinski definition) is 2. The van der Waals surface area contributed by atoms with Gasteiger partial charge >= 0.3 is 0 Å². The number of nitrogens with one attached hydrogen (secondary N) is 1. The van der Waals surface area contributed by atoms with E-state index in [9.17, 15) is 9.90 Å². The van der Waals surface area contributed by atoms with Gasteiger partial charge in [0, 0.05) is 22.3 Å². The van der Waals surface area contributed by atoms with Crippen molar-refractivity contribution < 1.29 is 9.90 Å². The first-order valence-corrected chi connectivity index (χ1v) is 6.44. The van der Waals surface area contributed by atoms with E-state index in [2.05, 4.69) is 10.3 Å². The molecule has 0 bridgehead atoms. The lowest BCUT2D eigenvalue weighted by atomic mass is 10.1. The molecule has 0 amide bonds. The van der Waals surface area contributed by atoms with E-state index in [1.54, 1.807) is 12.3 Å². The fourth-order valence-corrected chi connectivity index (χ4v) is 2.44. The Morgan fingerprint density at radius 2 is 2.33 bits per heavy atom. The molecule has 94 valence electrons. The summed E-state index contributed by atoms with van der Waals surface area (Å²) < 4.78 is 0.490. The molecule has 0 spiro atoms. The topological polar surface area (TPSA) is 62.2 Å². The summed E-state index contributed by atoms with van der Waals surface area (Å²) in [5.74, 6) is -0.0256. The molecule has 0 aliphatic carbocycles. The lowest BCUT2D eigenvalue weighted by Gasteiger charge is -2.09. The first kappa shape index (κ1) is 12.9. The van der Waals surface area contributed by atoms with Crippen molar-refractivity contribution in [2.24, 2.45) is 0 Å². The van der Waals surface area contributed by atoms with Crippen molar-refractivity contribution in [2.45, 2.75) is 13.5 Å². The van der Waals surface area contributed by atoms with Crippen LogP contribution in [0.5, 0.6) is 5.75 Å². The summed E-state index contributed by atoms with van der Waals surface area (Å²) in [6.07, 6.45) is 1.69. The number of thiazole rings is 1. The van der Waals surface area contributed by atoms with Crippen molar-refractivity contribution in [3.63, 3.8) is 0 Å². The van der Waals surface area contributed by atoms with E-state index < -0.39 is 0 Å². The average Bonchev–Trinajstić information content (AvgIpc) is 2.73. The van der Waals surface area contributed by atoms with Crippen LogP contribution in [0.15, 0.2) is 24.4 Å². The quantitative estimate of drug-likeness (QED) is 0.667. The van der Waals surface area contributed by atoms with Crippen molar-refractivity contribution in [2.75, 3.05) is 5.32 Å². The zero-order valence-corrected chi connectivity index (χ0v) is 11.2. The fourth-order valence-electron chi connectivity index (χ4n) is 1.53. The molecule has 1 aromatic carbocycles. The number of aromatic nitrogens is 1. The number of benzene rings is 1. The summed E-state index contributed by atoms with van der Waals surface area (Å²) in [5, 5.41) is 12.5. The highest BCUT2D eigenvalue weighted by molar-refractivity contribution is 7.15. The molecule has 18 heavy (non-hydrogen) atoms. The van der Waals surface area contributed by atoms with Gasteiger partial charge in [0.25, 0.3) is 0 Å². The third kappa shape index (κ3) is 3.00. The molecule has 0 aliphatic rings. The Kier molecular flexibility index (Phi) is 3.84. The van der Waals surface area contributed by atoms with Crippen LogP contribution in [0.2, 0.25) is 4.47 Å². The van der Waals surface area contributed by atoms with E-state index in [4.69, 9.17) is 11.6 Å². The number of phenolic OH excluding ortho intramolecular Hbond substituents is 1. The molecular formula is C12H11ClN2O2S. The number of Topliss-reactive ketones (excluding diaryl/α,β-unsaturated/α-hetero) is 1. The molecule has 0 unspecified atom stereocenters. The van der Waals surface area contributed by atoms with Gasteiger partial charge in [-0.15, -0.1) is 11.3 Å². The van der Waals surface area contributed by atoms with E-state index >= 15 is 0 Å². The van der Waals surface area contributed by atoms with Crippen LogP contribution in [0.1, 0.15) is 22.2 Å². The number of ketones is 1. The van der Waals surface area contributed by atoms with Crippen LogP contribution in [0.4, 0.5) is 5.69 Å². The van der Waals surface area contributed by atoms with Crippen LogP contribution in [-0.4, -0.2) is 15.9 Å². The zero-order valence-electron chi connectivity index (χ0n) is 9.61. The summed E-state index contributed by atoms with van der Waals surface area (Å²) in [5.41, 5.74) is 1.15. The van der Waals surface area contributed by atoms with Gasteiger partial charge in [-0.2, -0.15) is 0 Å². The Morgan fingerprint density at radius 1 is 1.56 bits per heavy atom. The molecule has 1 aromatic heterocycles. The molecule has 1 heterocycles. The predicted molar refractivity (Wildman–Crippen MR) is 72.6 cm³/mol. The number of carbonyl (C=O) groups excluding carboxylic acids is 1. The number of halogens is 1. The van der Waals surface area contributed by atoms with Crippen LogP contribution in [-0.2, 0) is 6.54 Å². The van der Waals surface area contributed by atoms with Crippen molar-refractivity contribution in [1.29, 1.82) is 0 Å². The van der Waals surface area contributed by atoms with Gasteiger partial charge in [0.15, 0.2) is 10.3 Å².